The molecule has 1 aliphatic heterocycles. The molecule has 1 N–H and O–H groups in total. The molecule has 94 valence electrons. The highest BCUT2D eigenvalue weighted by Gasteiger charge is 2.52. The van der Waals surface area contributed by atoms with E-state index >= 15 is 0 Å². The van der Waals surface area contributed by atoms with Crippen molar-refractivity contribution in [3.8, 4) is 0 Å². The van der Waals surface area contributed by atoms with E-state index in [1.165, 1.54) is 4.90 Å². The summed E-state index contributed by atoms with van der Waals surface area (Å²) in [6.07, 6.45) is 0.187. The fraction of sp³-hybridized carbons (Fsp3) is 0.385. The van der Waals surface area contributed by atoms with E-state index in [4.69, 9.17) is 4.74 Å². The first kappa shape index (κ1) is 11.1. The summed E-state index contributed by atoms with van der Waals surface area (Å²) in [6, 6.07) is 7.61. The van der Waals surface area contributed by atoms with Crippen LogP contribution in [0.4, 0.5) is 4.79 Å². The third kappa shape index (κ3) is 1.40. The molecule has 3 rings (SSSR count). The Labute approximate surface area is 104 Å². The maximum Gasteiger partial charge on any atom is 0.410 e. The van der Waals surface area contributed by atoms with E-state index in [1.54, 1.807) is 0 Å². The second-order valence-electron chi connectivity index (χ2n) is 4.73. The third-order valence-corrected chi connectivity index (χ3v) is 3.76. The molecule has 0 bridgehead atoms. The van der Waals surface area contributed by atoms with Crippen LogP contribution in [0.25, 0.3) is 0 Å². The van der Waals surface area contributed by atoms with Crippen molar-refractivity contribution >= 4 is 12.1 Å². The second kappa shape index (κ2) is 3.73. The van der Waals surface area contributed by atoms with Crippen LogP contribution in [0.1, 0.15) is 11.1 Å². The number of fused-ring (bicyclic) bond motifs is 1. The minimum Gasteiger partial charge on any atom is -0.479 e. The molecule has 2 aliphatic rings. The molecule has 0 saturated carbocycles. The van der Waals surface area contributed by atoms with Crippen LogP contribution in [0.2, 0.25) is 0 Å². The van der Waals surface area contributed by atoms with Crippen LogP contribution in [0.15, 0.2) is 24.3 Å². The molecule has 5 heteroatoms. The summed E-state index contributed by atoms with van der Waals surface area (Å²) < 4.78 is 4.88. The third-order valence-electron chi connectivity index (χ3n) is 3.76. The molecule has 5 nitrogen and oxygen atoms in total. The van der Waals surface area contributed by atoms with E-state index in [9.17, 15) is 14.7 Å². The van der Waals surface area contributed by atoms with Gasteiger partial charge in [0.25, 0.3) is 0 Å². The molecule has 1 amide bonds. The normalized spacial score (nSPS) is 20.7. The van der Waals surface area contributed by atoms with Crippen LogP contribution in [0.3, 0.4) is 0 Å². The van der Waals surface area contributed by atoms with Gasteiger partial charge in [0, 0.05) is 12.8 Å². The Morgan fingerprint density at radius 3 is 2.33 bits per heavy atom. The number of carboxylic acids is 1. The minimum absolute atomic E-state index is 0.268. The fourth-order valence-corrected chi connectivity index (χ4v) is 2.83. The van der Waals surface area contributed by atoms with E-state index in [0.717, 1.165) is 11.1 Å². The van der Waals surface area contributed by atoms with Crippen molar-refractivity contribution < 1.29 is 19.4 Å². The summed E-state index contributed by atoms with van der Waals surface area (Å²) in [5, 5.41) is 9.56. The van der Waals surface area contributed by atoms with Gasteiger partial charge < -0.3 is 9.84 Å². The maximum atomic E-state index is 11.7. The highest BCUT2D eigenvalue weighted by atomic mass is 16.6. The lowest BCUT2D eigenvalue weighted by Crippen LogP contribution is -2.56. The summed E-state index contributed by atoms with van der Waals surface area (Å²) >= 11 is 0. The SMILES string of the molecule is O=C1OCCN1C1(C(=O)O)Cc2ccccc2C1. The molecule has 18 heavy (non-hydrogen) atoms. The van der Waals surface area contributed by atoms with Crippen LogP contribution < -0.4 is 0 Å². The van der Waals surface area contributed by atoms with Crippen molar-refractivity contribution in [1.82, 2.24) is 4.90 Å². The van der Waals surface area contributed by atoms with Gasteiger partial charge in [-0.3, -0.25) is 4.90 Å². The van der Waals surface area contributed by atoms with Gasteiger partial charge in [-0.1, -0.05) is 24.3 Å². The Morgan fingerprint density at radius 1 is 1.28 bits per heavy atom. The number of amides is 1. The van der Waals surface area contributed by atoms with Gasteiger partial charge in [0.05, 0.1) is 6.54 Å². The molecule has 1 aliphatic carbocycles. The van der Waals surface area contributed by atoms with Crippen LogP contribution >= 0.6 is 0 Å². The Kier molecular flexibility index (Phi) is 2.29. The Morgan fingerprint density at radius 2 is 1.89 bits per heavy atom. The Balaban J connectivity index is 2.01. The number of rotatable bonds is 2. The zero-order valence-corrected chi connectivity index (χ0v) is 9.76. The van der Waals surface area contributed by atoms with Gasteiger partial charge in [-0.2, -0.15) is 0 Å². The van der Waals surface area contributed by atoms with E-state index in [1.807, 2.05) is 24.3 Å². The highest BCUT2D eigenvalue weighted by Crippen LogP contribution is 2.36. The molecule has 0 atom stereocenters. The predicted molar refractivity (Wildman–Crippen MR) is 62.3 cm³/mol. The van der Waals surface area contributed by atoms with Gasteiger partial charge in [-0.15, -0.1) is 0 Å². The first-order valence-corrected chi connectivity index (χ1v) is 5.88. The molecule has 0 radical (unpaired) electrons. The lowest BCUT2D eigenvalue weighted by Gasteiger charge is -2.32. The molecule has 1 aromatic carbocycles. The molecule has 1 heterocycles. The predicted octanol–water partition coefficient (Wildman–Crippen LogP) is 1.06. The quantitative estimate of drug-likeness (QED) is 0.848. The van der Waals surface area contributed by atoms with Crippen molar-refractivity contribution in [2.24, 2.45) is 0 Å². The standard InChI is InChI=1S/C13H13NO4/c15-11(16)13(14-5-6-18-12(14)17)7-9-3-1-2-4-10(9)8-13/h1-4H,5-8H2,(H,15,16). The zero-order chi connectivity index (χ0) is 12.8. The van der Waals surface area contributed by atoms with E-state index < -0.39 is 17.6 Å². The first-order chi connectivity index (χ1) is 8.63. The summed E-state index contributed by atoms with van der Waals surface area (Å²) in [6.45, 7) is 0.614. The van der Waals surface area contributed by atoms with Gasteiger partial charge >= 0.3 is 12.1 Å². The van der Waals surface area contributed by atoms with Crippen LogP contribution in [0.5, 0.6) is 0 Å². The summed E-state index contributed by atoms with van der Waals surface area (Å²) in [7, 11) is 0. The fourth-order valence-electron chi connectivity index (χ4n) is 2.83. The van der Waals surface area contributed by atoms with Crippen LogP contribution in [-0.2, 0) is 22.4 Å². The molecular weight excluding hydrogens is 234 g/mol. The number of carbonyl (C=O) groups excluding carboxylic acids is 1. The molecule has 0 spiro atoms. The summed E-state index contributed by atoms with van der Waals surface area (Å²) in [5.41, 5.74) is 0.830. The number of nitrogens with zero attached hydrogens (tertiary/aromatic N) is 1. The lowest BCUT2D eigenvalue weighted by atomic mass is 9.94. The minimum atomic E-state index is -1.17. The molecule has 1 aromatic rings. The van der Waals surface area contributed by atoms with Crippen molar-refractivity contribution in [2.75, 3.05) is 13.2 Å². The number of ether oxygens (including phenoxy) is 1. The van der Waals surface area contributed by atoms with Crippen LogP contribution in [-0.4, -0.2) is 40.8 Å². The monoisotopic (exact) mass is 247 g/mol. The number of aliphatic carboxylic acids is 1. The highest BCUT2D eigenvalue weighted by molar-refractivity contribution is 5.87. The molecule has 1 saturated heterocycles. The maximum absolute atomic E-state index is 11.7. The van der Waals surface area contributed by atoms with Gasteiger partial charge in [-0.05, 0) is 11.1 Å². The van der Waals surface area contributed by atoms with E-state index in [2.05, 4.69) is 0 Å². The number of carboxylic acid groups (broad SMARTS) is 1. The van der Waals surface area contributed by atoms with Crippen molar-refractivity contribution in [3.05, 3.63) is 35.4 Å². The first-order valence-electron chi connectivity index (χ1n) is 5.88. The van der Waals surface area contributed by atoms with Crippen molar-refractivity contribution in [2.45, 2.75) is 18.4 Å². The van der Waals surface area contributed by atoms with Crippen LogP contribution in [0, 0.1) is 0 Å². The number of carbonyl (C=O) groups is 2. The summed E-state index contributed by atoms with van der Waals surface area (Å²) in [5.74, 6) is -0.961. The lowest BCUT2D eigenvalue weighted by molar-refractivity contribution is -0.148. The van der Waals surface area contributed by atoms with Crippen molar-refractivity contribution in [1.29, 1.82) is 0 Å². The smallest absolute Gasteiger partial charge is 0.410 e. The van der Waals surface area contributed by atoms with E-state index in [-0.39, 0.29) is 6.61 Å². The van der Waals surface area contributed by atoms with Gasteiger partial charge in [0.1, 0.15) is 6.61 Å². The van der Waals surface area contributed by atoms with Gasteiger partial charge in [0.15, 0.2) is 5.54 Å². The summed E-state index contributed by atoms with van der Waals surface area (Å²) in [4.78, 5) is 24.7. The number of benzene rings is 1. The van der Waals surface area contributed by atoms with Gasteiger partial charge in [0.2, 0.25) is 0 Å². The average molecular weight is 247 g/mol. The molecule has 0 aromatic heterocycles. The largest absolute Gasteiger partial charge is 0.479 e. The molecule has 1 fully saturated rings. The topological polar surface area (TPSA) is 66.8 Å². The number of hydrogen-bond acceptors (Lipinski definition) is 3. The molecular formula is C13H13NO4. The molecule has 0 unspecified atom stereocenters. The van der Waals surface area contributed by atoms with E-state index in [0.29, 0.717) is 19.4 Å². The number of cyclic esters (lactones) is 1. The number of hydrogen-bond donors (Lipinski definition) is 1. The Hall–Kier alpha value is -2.04. The Bertz CT molecular complexity index is 500. The van der Waals surface area contributed by atoms with Crippen molar-refractivity contribution in [3.63, 3.8) is 0 Å². The second-order valence-corrected chi connectivity index (χ2v) is 4.73. The average Bonchev–Trinajstić information content (AvgIpc) is 2.92. The van der Waals surface area contributed by atoms with Gasteiger partial charge in [-0.25, -0.2) is 9.59 Å². The zero-order valence-electron chi connectivity index (χ0n) is 9.76.